The summed E-state index contributed by atoms with van der Waals surface area (Å²) in [7, 11) is -3.91. The van der Waals surface area contributed by atoms with E-state index in [-0.39, 0.29) is 28.8 Å². The Bertz CT molecular complexity index is 1820. The van der Waals surface area contributed by atoms with E-state index in [4.69, 9.17) is 10.5 Å². The summed E-state index contributed by atoms with van der Waals surface area (Å²) in [6.45, 7) is 7.80. The molecule has 3 aromatic rings. The van der Waals surface area contributed by atoms with Crippen LogP contribution in [0.4, 0.5) is 29.7 Å². The molecule has 0 fully saturated rings. The molecule has 0 saturated heterocycles. The molecule has 0 bridgehead atoms. The van der Waals surface area contributed by atoms with E-state index >= 15 is 0 Å². The predicted octanol–water partition coefficient (Wildman–Crippen LogP) is 8.11. The van der Waals surface area contributed by atoms with Crippen molar-refractivity contribution in [2.24, 2.45) is 0 Å². The van der Waals surface area contributed by atoms with Gasteiger partial charge in [0.2, 0.25) is 0 Å². The lowest BCUT2D eigenvalue weighted by molar-refractivity contribution is -0.0498. The molecule has 0 aromatic heterocycles. The molecule has 290 valence electrons. The highest BCUT2D eigenvalue weighted by Crippen LogP contribution is 2.30. The number of sulfonamides is 1. The zero-order valence-corrected chi connectivity index (χ0v) is 31.9. The number of carboxylic acid groups (broad SMARTS) is 1. The third-order valence-electron chi connectivity index (χ3n) is 9.14. The maximum absolute atomic E-state index is 12.8. The van der Waals surface area contributed by atoms with Crippen LogP contribution >= 0.6 is 0 Å². The maximum atomic E-state index is 12.8. The Labute approximate surface area is 311 Å². The van der Waals surface area contributed by atoms with Gasteiger partial charge in [-0.1, -0.05) is 26.0 Å². The second-order valence-corrected chi connectivity index (χ2v) is 16.1. The number of halogens is 2. The summed E-state index contributed by atoms with van der Waals surface area (Å²) in [6.07, 6.45) is 5.27. The molecule has 5 rings (SSSR count). The van der Waals surface area contributed by atoms with Crippen LogP contribution in [0.5, 0.6) is 5.75 Å². The lowest BCUT2D eigenvalue weighted by Gasteiger charge is -2.36. The number of nitrogen functional groups attached to an aromatic ring is 1. The fourth-order valence-corrected chi connectivity index (χ4v) is 7.81. The second kappa shape index (κ2) is 18.0. The number of benzene rings is 3. The zero-order valence-electron chi connectivity index (χ0n) is 31.1. The number of nitrogens with two attached hydrogens (primary N) is 1. The first-order chi connectivity index (χ1) is 25.0. The third kappa shape index (κ3) is 11.7. The highest BCUT2D eigenvalue weighted by atomic mass is 32.2. The number of carbonyl (C=O) groups is 2. The van der Waals surface area contributed by atoms with Gasteiger partial charge in [-0.05, 0) is 143 Å². The van der Waals surface area contributed by atoms with Crippen LogP contribution in [0, 0.1) is 0 Å². The molecule has 0 unspecified atom stereocenters. The molecule has 2 aliphatic carbocycles. The standard InChI is InChI=1S/C25H32F2N2O5S.C14H20N2O2/c1-5-14-29(24(30)34-25(2,3)4)20-9-7-17-15-19(8-6-18(17)16-20)28-35(31,32)22-12-10-21(11-13-22)33-23(26)27;1-2-7-16(14(17)18)13-6-4-10-8-12(15)5-3-11(10)9-13/h6,8,10-13,15,20,23,28H,5,7,9,14,16H2,1-4H3;3,5,8,13H,2,4,6-7,9,15H2,1H3,(H,17,18)/t20-;13-/m00/s1. The van der Waals surface area contributed by atoms with Gasteiger partial charge in [0.1, 0.15) is 11.4 Å². The SMILES string of the molecule is CCCN(C(=O)O)[C@H]1CCc2cc(N)ccc2C1.CCCN(C(=O)OC(C)(C)C)[C@H]1CCc2cc(NS(=O)(=O)c3ccc(OC(F)F)cc3)ccc2C1. The zero-order chi connectivity index (χ0) is 38.9. The Hall–Kier alpha value is -4.59. The Morgan fingerprint density at radius 2 is 1.42 bits per heavy atom. The number of alkyl halides is 2. The van der Waals surface area contributed by atoms with E-state index in [1.165, 1.54) is 35.4 Å². The van der Waals surface area contributed by atoms with E-state index in [0.29, 0.717) is 31.6 Å². The molecule has 14 heteroatoms. The Morgan fingerprint density at radius 1 is 0.868 bits per heavy atom. The second-order valence-electron chi connectivity index (χ2n) is 14.4. The fraction of sp³-hybridized carbons (Fsp3) is 0.487. The topological polar surface area (TPSA) is 152 Å². The molecule has 2 amide bonds. The van der Waals surface area contributed by atoms with Crippen molar-refractivity contribution in [1.29, 1.82) is 0 Å². The van der Waals surface area contributed by atoms with Gasteiger partial charge in [0.15, 0.2) is 0 Å². The number of ether oxygens (including phenoxy) is 2. The van der Waals surface area contributed by atoms with Crippen LogP contribution in [-0.4, -0.2) is 72.9 Å². The molecule has 2 aliphatic rings. The monoisotopic (exact) mass is 758 g/mol. The molecule has 0 heterocycles. The van der Waals surface area contributed by atoms with Gasteiger partial charge in [-0.3, -0.25) is 4.72 Å². The Kier molecular flexibility index (Phi) is 13.9. The first-order valence-electron chi connectivity index (χ1n) is 18.1. The fourth-order valence-electron chi connectivity index (χ4n) is 6.76. The average molecular weight is 759 g/mol. The number of aryl methyl sites for hydroxylation is 2. The van der Waals surface area contributed by atoms with Gasteiger partial charge in [0.05, 0.1) is 4.90 Å². The average Bonchev–Trinajstić information content (AvgIpc) is 3.08. The van der Waals surface area contributed by atoms with Crippen LogP contribution in [-0.2, 0) is 40.4 Å². The van der Waals surface area contributed by atoms with Crippen LogP contribution in [0.3, 0.4) is 0 Å². The van der Waals surface area contributed by atoms with Gasteiger partial charge < -0.3 is 30.1 Å². The number of hydrogen-bond donors (Lipinski definition) is 3. The minimum Gasteiger partial charge on any atom is -0.465 e. The molecule has 0 radical (unpaired) electrons. The quantitative estimate of drug-likeness (QED) is 0.166. The molecular weight excluding hydrogens is 707 g/mol. The van der Waals surface area contributed by atoms with E-state index in [1.807, 2.05) is 58.9 Å². The number of fused-ring (bicyclic) bond motifs is 2. The number of nitrogens with one attached hydrogen (secondary N) is 1. The number of hydrogen-bond acceptors (Lipinski definition) is 7. The van der Waals surface area contributed by atoms with Crippen LogP contribution in [0.2, 0.25) is 0 Å². The lowest BCUT2D eigenvalue weighted by Crippen LogP contribution is -2.46. The third-order valence-corrected chi connectivity index (χ3v) is 10.5. The maximum Gasteiger partial charge on any atom is 0.410 e. The molecular formula is C39H52F2N4O7S. The van der Waals surface area contributed by atoms with Crippen molar-refractivity contribution in [3.8, 4) is 5.75 Å². The van der Waals surface area contributed by atoms with Gasteiger partial charge in [0, 0.05) is 36.5 Å². The van der Waals surface area contributed by atoms with Crippen molar-refractivity contribution in [3.05, 3.63) is 82.9 Å². The van der Waals surface area contributed by atoms with E-state index in [0.717, 1.165) is 55.3 Å². The van der Waals surface area contributed by atoms with E-state index < -0.39 is 28.3 Å². The van der Waals surface area contributed by atoms with Crippen molar-refractivity contribution >= 4 is 33.6 Å². The normalized spacial score (nSPS) is 16.7. The first-order valence-corrected chi connectivity index (χ1v) is 19.5. The van der Waals surface area contributed by atoms with Gasteiger partial charge in [0.25, 0.3) is 10.0 Å². The number of anilines is 2. The molecule has 4 N–H and O–H groups in total. The predicted molar refractivity (Wildman–Crippen MR) is 201 cm³/mol. The molecule has 0 aliphatic heterocycles. The van der Waals surface area contributed by atoms with Crippen molar-refractivity contribution < 1.29 is 41.4 Å². The molecule has 11 nitrogen and oxygen atoms in total. The number of nitrogens with zero attached hydrogens (tertiary/aromatic N) is 2. The Morgan fingerprint density at radius 3 is 1.96 bits per heavy atom. The summed E-state index contributed by atoms with van der Waals surface area (Å²) in [6, 6.07) is 16.2. The molecule has 0 saturated carbocycles. The smallest absolute Gasteiger partial charge is 0.410 e. The lowest BCUT2D eigenvalue weighted by atomic mass is 9.87. The van der Waals surface area contributed by atoms with E-state index in [1.54, 1.807) is 21.9 Å². The minimum absolute atomic E-state index is 0.00816. The van der Waals surface area contributed by atoms with Crippen LogP contribution in [0.15, 0.2) is 65.6 Å². The Balaban J connectivity index is 0.000000291. The van der Waals surface area contributed by atoms with E-state index in [2.05, 4.69) is 9.46 Å². The highest BCUT2D eigenvalue weighted by molar-refractivity contribution is 7.92. The van der Waals surface area contributed by atoms with Gasteiger partial charge in [-0.15, -0.1) is 0 Å². The molecule has 3 aromatic carbocycles. The van der Waals surface area contributed by atoms with Crippen LogP contribution in [0.25, 0.3) is 0 Å². The largest absolute Gasteiger partial charge is 0.465 e. The molecule has 0 spiro atoms. The van der Waals surface area contributed by atoms with Crippen molar-refractivity contribution in [3.63, 3.8) is 0 Å². The van der Waals surface area contributed by atoms with Crippen molar-refractivity contribution in [2.75, 3.05) is 23.5 Å². The molecule has 2 atom stereocenters. The van der Waals surface area contributed by atoms with Gasteiger partial charge in [-0.25, -0.2) is 18.0 Å². The van der Waals surface area contributed by atoms with Crippen LogP contribution < -0.4 is 15.2 Å². The van der Waals surface area contributed by atoms with Gasteiger partial charge >= 0.3 is 18.8 Å². The summed E-state index contributed by atoms with van der Waals surface area (Å²) >= 11 is 0. The van der Waals surface area contributed by atoms with Crippen LogP contribution in [0.1, 0.15) is 82.6 Å². The van der Waals surface area contributed by atoms with Crippen molar-refractivity contribution in [1.82, 2.24) is 9.80 Å². The minimum atomic E-state index is -3.91. The summed E-state index contributed by atoms with van der Waals surface area (Å²) in [4.78, 5) is 27.3. The first kappa shape index (κ1) is 41.2. The summed E-state index contributed by atoms with van der Waals surface area (Å²) < 4.78 is 62.5. The van der Waals surface area contributed by atoms with Crippen molar-refractivity contribution in [2.45, 2.75) is 115 Å². The highest BCUT2D eigenvalue weighted by Gasteiger charge is 2.31. The number of amides is 2. The number of rotatable bonds is 11. The summed E-state index contributed by atoms with van der Waals surface area (Å²) in [5.41, 5.74) is 11.0. The van der Waals surface area contributed by atoms with Gasteiger partial charge in [-0.2, -0.15) is 8.78 Å². The number of carbonyl (C=O) groups excluding carboxylic acids is 1. The molecule has 53 heavy (non-hydrogen) atoms. The summed E-state index contributed by atoms with van der Waals surface area (Å²) in [5, 5.41) is 9.25. The summed E-state index contributed by atoms with van der Waals surface area (Å²) in [5.74, 6) is -0.120. The van der Waals surface area contributed by atoms with E-state index in [9.17, 15) is 31.9 Å².